The number of benzene rings is 2. The molecule has 184 valence electrons. The van der Waals surface area contributed by atoms with Crippen LogP contribution in [-0.4, -0.2) is 32.7 Å². The first-order chi connectivity index (χ1) is 17.5. The van der Waals surface area contributed by atoms with E-state index in [1.54, 1.807) is 0 Å². The van der Waals surface area contributed by atoms with E-state index in [-0.39, 0.29) is 17.9 Å². The maximum atomic E-state index is 13.6. The Kier molecular flexibility index (Phi) is 7.00. The van der Waals surface area contributed by atoms with Crippen LogP contribution >= 0.6 is 12.2 Å². The number of para-hydroxylation sites is 1. The molecule has 5 nitrogen and oxygen atoms in total. The van der Waals surface area contributed by atoms with Crippen LogP contribution in [0.4, 0.5) is 10.1 Å². The molecule has 0 spiro atoms. The van der Waals surface area contributed by atoms with Crippen LogP contribution in [0.15, 0.2) is 85.1 Å². The lowest BCUT2D eigenvalue weighted by Gasteiger charge is -2.28. The highest BCUT2D eigenvalue weighted by Gasteiger charge is 2.41. The van der Waals surface area contributed by atoms with Gasteiger partial charge >= 0.3 is 0 Å². The molecule has 0 amide bonds. The molecule has 1 saturated heterocycles. The van der Waals surface area contributed by atoms with Crippen molar-refractivity contribution in [2.75, 3.05) is 18.4 Å². The second-order valence-corrected chi connectivity index (χ2v) is 9.49. The Bertz CT molecular complexity index is 1320. The number of hydrogen-bond acceptors (Lipinski definition) is 3. The molecule has 1 aliphatic rings. The Balaban J connectivity index is 1.45. The number of aromatic nitrogens is 2. The van der Waals surface area contributed by atoms with Gasteiger partial charge < -0.3 is 20.1 Å². The third-order valence-corrected chi connectivity index (χ3v) is 7.10. The molecule has 4 aromatic rings. The molecule has 7 heteroatoms. The van der Waals surface area contributed by atoms with E-state index in [0.717, 1.165) is 53.1 Å². The minimum absolute atomic E-state index is 0.00970. The molecule has 3 heterocycles. The van der Waals surface area contributed by atoms with Gasteiger partial charge in [0.05, 0.1) is 17.8 Å². The lowest BCUT2D eigenvalue weighted by atomic mass is 9.96. The van der Waals surface area contributed by atoms with Gasteiger partial charge in [0.2, 0.25) is 0 Å². The largest absolute Gasteiger partial charge is 0.385 e. The summed E-state index contributed by atoms with van der Waals surface area (Å²) in [6.45, 7) is 5.86. The molecule has 36 heavy (non-hydrogen) atoms. The van der Waals surface area contributed by atoms with Crippen molar-refractivity contribution in [1.82, 2.24) is 19.8 Å². The van der Waals surface area contributed by atoms with Crippen molar-refractivity contribution < 1.29 is 4.39 Å². The quantitative estimate of drug-likeness (QED) is 0.226. The number of hydrogen-bond donors (Lipinski definition) is 2. The van der Waals surface area contributed by atoms with Crippen molar-refractivity contribution in [1.29, 1.82) is 0 Å². The van der Waals surface area contributed by atoms with Crippen LogP contribution in [-0.2, 0) is 0 Å². The molecule has 0 radical (unpaired) electrons. The molecule has 1 fully saturated rings. The SMILES string of the molecule is Cc1cc(C2C(c3ccccn3)NC(=S)N2CCCNc2ccccc2)c(C)n1-c1ccc(F)cc1. The average molecular weight is 500 g/mol. The first kappa shape index (κ1) is 24.0. The highest BCUT2D eigenvalue weighted by molar-refractivity contribution is 7.80. The van der Waals surface area contributed by atoms with Crippen LogP contribution in [0.3, 0.4) is 0 Å². The fraction of sp³-hybridized carbons (Fsp3) is 0.241. The zero-order valence-electron chi connectivity index (χ0n) is 20.5. The van der Waals surface area contributed by atoms with Gasteiger partial charge in [0.1, 0.15) is 5.82 Å². The van der Waals surface area contributed by atoms with Gasteiger partial charge in [-0.2, -0.15) is 0 Å². The molecule has 0 aliphatic carbocycles. The number of rotatable bonds is 8. The van der Waals surface area contributed by atoms with Crippen LogP contribution in [0.2, 0.25) is 0 Å². The van der Waals surface area contributed by atoms with Gasteiger partial charge in [-0.25, -0.2) is 4.39 Å². The monoisotopic (exact) mass is 499 g/mol. The molecule has 2 atom stereocenters. The maximum absolute atomic E-state index is 13.6. The van der Waals surface area contributed by atoms with E-state index in [1.165, 1.54) is 17.7 Å². The topological polar surface area (TPSA) is 45.1 Å². The second-order valence-electron chi connectivity index (χ2n) is 9.10. The van der Waals surface area contributed by atoms with Gasteiger partial charge in [-0.05, 0) is 92.6 Å². The first-order valence-electron chi connectivity index (χ1n) is 12.2. The fourth-order valence-electron chi connectivity index (χ4n) is 5.10. The Morgan fingerprint density at radius 1 is 1.00 bits per heavy atom. The summed E-state index contributed by atoms with van der Waals surface area (Å²) < 4.78 is 15.8. The molecule has 2 N–H and O–H groups in total. The molecule has 0 bridgehead atoms. The van der Waals surface area contributed by atoms with E-state index >= 15 is 0 Å². The number of anilines is 1. The van der Waals surface area contributed by atoms with Crippen molar-refractivity contribution in [2.24, 2.45) is 0 Å². The maximum Gasteiger partial charge on any atom is 0.170 e. The number of aryl methyl sites for hydroxylation is 1. The lowest BCUT2D eigenvalue weighted by molar-refractivity contribution is 0.315. The van der Waals surface area contributed by atoms with Gasteiger partial charge in [-0.1, -0.05) is 24.3 Å². The van der Waals surface area contributed by atoms with Gasteiger partial charge in [-0.15, -0.1) is 0 Å². The predicted octanol–water partition coefficient (Wildman–Crippen LogP) is 6.10. The highest BCUT2D eigenvalue weighted by atomic mass is 32.1. The zero-order chi connectivity index (χ0) is 25.1. The highest BCUT2D eigenvalue weighted by Crippen LogP contribution is 2.41. The predicted molar refractivity (Wildman–Crippen MR) is 147 cm³/mol. The van der Waals surface area contributed by atoms with Gasteiger partial charge in [-0.3, -0.25) is 4.98 Å². The molecule has 2 aromatic carbocycles. The summed E-state index contributed by atoms with van der Waals surface area (Å²) in [6.07, 6.45) is 2.75. The van der Waals surface area contributed by atoms with Crippen molar-refractivity contribution in [3.05, 3.63) is 114 Å². The van der Waals surface area contributed by atoms with Gasteiger partial charge in [0, 0.05) is 42.0 Å². The van der Waals surface area contributed by atoms with Crippen molar-refractivity contribution >= 4 is 23.0 Å². The summed E-state index contributed by atoms with van der Waals surface area (Å²) in [7, 11) is 0. The normalized spacial score (nSPS) is 17.3. The van der Waals surface area contributed by atoms with E-state index in [0.29, 0.717) is 0 Å². The summed E-state index contributed by atoms with van der Waals surface area (Å²) in [4.78, 5) is 6.95. The molecular weight excluding hydrogens is 469 g/mol. The number of pyridine rings is 1. The van der Waals surface area contributed by atoms with Gasteiger partial charge in [0.25, 0.3) is 0 Å². The van der Waals surface area contributed by atoms with Gasteiger partial charge in [0.15, 0.2) is 5.11 Å². The lowest BCUT2D eigenvalue weighted by Crippen LogP contribution is -2.31. The summed E-state index contributed by atoms with van der Waals surface area (Å²) in [6, 6.07) is 25.0. The van der Waals surface area contributed by atoms with E-state index in [9.17, 15) is 4.39 Å². The molecular formula is C29H30FN5S. The Morgan fingerprint density at radius 2 is 1.75 bits per heavy atom. The summed E-state index contributed by atoms with van der Waals surface area (Å²) in [5.74, 6) is -0.239. The molecule has 5 rings (SSSR count). The standard InChI is InChI=1S/C29H30FN5S/c1-20-19-25(21(2)35(20)24-14-12-22(30)13-15-24)28-27(26-11-6-7-16-32-26)33-29(36)34(28)18-8-17-31-23-9-4-3-5-10-23/h3-7,9-16,19,27-28,31H,8,17-18H2,1-2H3,(H,33,36). The number of thiocarbonyl (C=S) groups is 1. The van der Waals surface area contributed by atoms with Crippen molar-refractivity contribution in [2.45, 2.75) is 32.4 Å². The molecule has 2 aromatic heterocycles. The minimum Gasteiger partial charge on any atom is -0.385 e. The third kappa shape index (κ3) is 4.84. The third-order valence-electron chi connectivity index (χ3n) is 6.75. The van der Waals surface area contributed by atoms with E-state index in [4.69, 9.17) is 12.2 Å². The van der Waals surface area contributed by atoms with E-state index in [2.05, 4.69) is 57.1 Å². The van der Waals surface area contributed by atoms with Crippen LogP contribution in [0, 0.1) is 19.7 Å². The van der Waals surface area contributed by atoms with Crippen LogP contribution in [0.5, 0.6) is 0 Å². The Morgan fingerprint density at radius 3 is 2.47 bits per heavy atom. The summed E-state index contributed by atoms with van der Waals surface area (Å²) >= 11 is 5.85. The molecule has 1 aliphatic heterocycles. The van der Waals surface area contributed by atoms with E-state index < -0.39 is 0 Å². The van der Waals surface area contributed by atoms with Crippen molar-refractivity contribution in [3.63, 3.8) is 0 Å². The zero-order valence-corrected chi connectivity index (χ0v) is 21.3. The number of halogens is 1. The molecule has 0 saturated carbocycles. The summed E-state index contributed by atoms with van der Waals surface area (Å²) in [5.41, 5.74) is 6.42. The smallest absolute Gasteiger partial charge is 0.170 e. The van der Waals surface area contributed by atoms with Crippen LogP contribution < -0.4 is 10.6 Å². The minimum atomic E-state index is -0.239. The summed E-state index contributed by atoms with van der Waals surface area (Å²) in [5, 5.41) is 7.78. The first-order valence-corrected chi connectivity index (χ1v) is 12.7. The van der Waals surface area contributed by atoms with Crippen LogP contribution in [0.1, 0.15) is 41.1 Å². The van der Waals surface area contributed by atoms with Crippen molar-refractivity contribution in [3.8, 4) is 5.69 Å². The fourth-order valence-corrected chi connectivity index (χ4v) is 5.43. The Hall–Kier alpha value is -3.71. The number of nitrogens with one attached hydrogen (secondary N) is 2. The Labute approximate surface area is 217 Å². The average Bonchev–Trinajstić information content (AvgIpc) is 3.38. The number of nitrogens with zero attached hydrogens (tertiary/aromatic N) is 3. The molecule has 2 unspecified atom stereocenters. The van der Waals surface area contributed by atoms with E-state index in [1.807, 2.05) is 54.7 Å². The second kappa shape index (κ2) is 10.5. The van der Waals surface area contributed by atoms with Crippen LogP contribution in [0.25, 0.3) is 5.69 Å².